The molecule has 0 bridgehead atoms. The summed E-state index contributed by atoms with van der Waals surface area (Å²) >= 11 is 5.46. The fourth-order valence-electron chi connectivity index (χ4n) is 0.853. The maximum Gasteiger partial charge on any atom is 0.319 e. The number of carbonyl (C=O) groups is 2. The first-order chi connectivity index (χ1) is 6.50. The van der Waals surface area contributed by atoms with Gasteiger partial charge < -0.3 is 5.73 Å². The number of primary amides is 1. The molecule has 0 aliphatic rings. The number of hydrogen-bond donors (Lipinski definition) is 2. The minimum Gasteiger partial charge on any atom is -0.351 e. The van der Waals surface area contributed by atoms with Crippen LogP contribution in [-0.4, -0.2) is 11.9 Å². The van der Waals surface area contributed by atoms with Crippen molar-refractivity contribution in [3.63, 3.8) is 0 Å². The lowest BCUT2D eigenvalue weighted by molar-refractivity contribution is 0.0962. The summed E-state index contributed by atoms with van der Waals surface area (Å²) in [6.07, 6.45) is 0. The molecule has 0 aliphatic carbocycles. The van der Waals surface area contributed by atoms with Gasteiger partial charge in [0.25, 0.3) is 5.91 Å². The summed E-state index contributed by atoms with van der Waals surface area (Å²) in [5.74, 6) is -1.71. The van der Waals surface area contributed by atoms with Crippen molar-refractivity contribution in [3.05, 3.63) is 34.6 Å². The second kappa shape index (κ2) is 4.06. The van der Waals surface area contributed by atoms with Crippen molar-refractivity contribution < 1.29 is 14.0 Å². The van der Waals surface area contributed by atoms with Gasteiger partial charge >= 0.3 is 6.03 Å². The standard InChI is InChI=1S/C8H6ClFN2O2/c9-4-1-2-5(6(10)3-4)7(13)12-8(11)14/h1-3H,(H3,11,12,13,14). The highest BCUT2D eigenvalue weighted by atomic mass is 35.5. The average molecular weight is 217 g/mol. The van der Waals surface area contributed by atoms with E-state index >= 15 is 0 Å². The van der Waals surface area contributed by atoms with Crippen LogP contribution >= 0.6 is 11.6 Å². The molecule has 1 rings (SSSR count). The van der Waals surface area contributed by atoms with Crippen molar-refractivity contribution in [3.8, 4) is 0 Å². The zero-order chi connectivity index (χ0) is 10.7. The third-order valence-electron chi connectivity index (χ3n) is 1.41. The monoisotopic (exact) mass is 216 g/mol. The molecule has 0 fully saturated rings. The van der Waals surface area contributed by atoms with E-state index in [2.05, 4.69) is 0 Å². The van der Waals surface area contributed by atoms with Crippen LogP contribution in [-0.2, 0) is 0 Å². The second-order valence-electron chi connectivity index (χ2n) is 2.44. The second-order valence-corrected chi connectivity index (χ2v) is 2.88. The van der Waals surface area contributed by atoms with Gasteiger partial charge in [-0.05, 0) is 18.2 Å². The molecule has 0 saturated heterocycles. The van der Waals surface area contributed by atoms with Crippen molar-refractivity contribution in [2.45, 2.75) is 0 Å². The van der Waals surface area contributed by atoms with Gasteiger partial charge in [-0.15, -0.1) is 0 Å². The Bertz CT molecular complexity index is 395. The summed E-state index contributed by atoms with van der Waals surface area (Å²) in [4.78, 5) is 21.4. The fourth-order valence-corrected chi connectivity index (χ4v) is 1.01. The number of imide groups is 1. The molecule has 74 valence electrons. The van der Waals surface area contributed by atoms with E-state index in [0.717, 1.165) is 12.1 Å². The zero-order valence-electron chi connectivity index (χ0n) is 6.88. The highest BCUT2D eigenvalue weighted by Gasteiger charge is 2.12. The summed E-state index contributed by atoms with van der Waals surface area (Å²) in [5, 5.41) is 1.90. The first-order valence-electron chi connectivity index (χ1n) is 3.56. The SMILES string of the molecule is NC(=O)NC(=O)c1ccc(Cl)cc1F. The third-order valence-corrected chi connectivity index (χ3v) is 1.65. The molecular weight excluding hydrogens is 211 g/mol. The van der Waals surface area contributed by atoms with Crippen LogP contribution in [0.15, 0.2) is 18.2 Å². The van der Waals surface area contributed by atoms with Gasteiger partial charge in [-0.2, -0.15) is 0 Å². The normalized spacial score (nSPS) is 9.57. The van der Waals surface area contributed by atoms with Gasteiger partial charge in [0.2, 0.25) is 0 Å². The van der Waals surface area contributed by atoms with Crippen LogP contribution in [0.4, 0.5) is 9.18 Å². The Hall–Kier alpha value is -1.62. The lowest BCUT2D eigenvalue weighted by atomic mass is 10.2. The van der Waals surface area contributed by atoms with Gasteiger partial charge in [0.15, 0.2) is 0 Å². The van der Waals surface area contributed by atoms with E-state index in [1.54, 1.807) is 5.32 Å². The van der Waals surface area contributed by atoms with Crippen LogP contribution in [0.2, 0.25) is 5.02 Å². The van der Waals surface area contributed by atoms with Gasteiger partial charge in [-0.1, -0.05) is 11.6 Å². The largest absolute Gasteiger partial charge is 0.351 e. The number of halogens is 2. The van der Waals surface area contributed by atoms with Crippen LogP contribution < -0.4 is 11.1 Å². The fraction of sp³-hybridized carbons (Fsp3) is 0. The molecule has 0 spiro atoms. The molecule has 0 unspecified atom stereocenters. The first-order valence-corrected chi connectivity index (χ1v) is 3.94. The maximum absolute atomic E-state index is 13.1. The Morgan fingerprint density at radius 1 is 1.43 bits per heavy atom. The molecule has 6 heteroatoms. The number of nitrogens with two attached hydrogens (primary N) is 1. The number of amides is 3. The third kappa shape index (κ3) is 2.43. The first kappa shape index (κ1) is 10.5. The van der Waals surface area contributed by atoms with E-state index in [0.29, 0.717) is 0 Å². The van der Waals surface area contributed by atoms with Crippen LogP contribution in [0.3, 0.4) is 0 Å². The van der Waals surface area contributed by atoms with E-state index in [9.17, 15) is 14.0 Å². The van der Waals surface area contributed by atoms with Crippen molar-refractivity contribution in [2.24, 2.45) is 5.73 Å². The molecule has 4 nitrogen and oxygen atoms in total. The van der Waals surface area contributed by atoms with Gasteiger partial charge in [0.1, 0.15) is 5.82 Å². The number of rotatable bonds is 1. The molecule has 0 saturated carbocycles. The predicted molar refractivity (Wildman–Crippen MR) is 48.5 cm³/mol. The van der Waals surface area contributed by atoms with Crippen LogP contribution in [0.1, 0.15) is 10.4 Å². The highest BCUT2D eigenvalue weighted by Crippen LogP contribution is 2.14. The minimum absolute atomic E-state index is 0.165. The van der Waals surface area contributed by atoms with Crippen molar-refractivity contribution in [1.29, 1.82) is 0 Å². The maximum atomic E-state index is 13.1. The van der Waals surface area contributed by atoms with Crippen LogP contribution in [0, 0.1) is 5.82 Å². The van der Waals surface area contributed by atoms with Crippen molar-refractivity contribution in [1.82, 2.24) is 5.32 Å². The number of carbonyl (C=O) groups excluding carboxylic acids is 2. The molecule has 1 aromatic carbocycles. The van der Waals surface area contributed by atoms with Crippen molar-refractivity contribution in [2.75, 3.05) is 0 Å². The number of urea groups is 1. The number of benzene rings is 1. The summed E-state index contributed by atoms with van der Waals surface area (Å²) in [6.45, 7) is 0. The lowest BCUT2D eigenvalue weighted by Gasteiger charge is -2.02. The summed E-state index contributed by atoms with van der Waals surface area (Å²) in [6, 6.07) is 2.43. The van der Waals surface area contributed by atoms with Gasteiger partial charge in [-0.3, -0.25) is 10.1 Å². The molecule has 3 amide bonds. The number of hydrogen-bond acceptors (Lipinski definition) is 2. The topological polar surface area (TPSA) is 72.2 Å². The van der Waals surface area contributed by atoms with Crippen LogP contribution in [0.25, 0.3) is 0 Å². The molecular formula is C8H6ClFN2O2. The Labute approximate surface area is 83.8 Å². The van der Waals surface area contributed by atoms with E-state index < -0.39 is 17.8 Å². The van der Waals surface area contributed by atoms with E-state index in [4.69, 9.17) is 17.3 Å². The van der Waals surface area contributed by atoms with E-state index in [1.807, 2.05) is 0 Å². The average Bonchev–Trinajstić information content (AvgIpc) is 2.01. The minimum atomic E-state index is -1.04. The summed E-state index contributed by atoms with van der Waals surface area (Å²) in [5.41, 5.74) is 4.41. The number of nitrogens with one attached hydrogen (secondary N) is 1. The molecule has 14 heavy (non-hydrogen) atoms. The van der Waals surface area contributed by atoms with Gasteiger partial charge in [0.05, 0.1) is 5.56 Å². The molecule has 3 N–H and O–H groups in total. The van der Waals surface area contributed by atoms with E-state index in [1.165, 1.54) is 6.07 Å². The van der Waals surface area contributed by atoms with Crippen molar-refractivity contribution >= 4 is 23.5 Å². The Morgan fingerprint density at radius 2 is 2.07 bits per heavy atom. The Morgan fingerprint density at radius 3 is 2.57 bits per heavy atom. The molecule has 0 atom stereocenters. The molecule has 1 aromatic rings. The highest BCUT2D eigenvalue weighted by molar-refractivity contribution is 6.30. The molecule has 0 aromatic heterocycles. The quantitative estimate of drug-likeness (QED) is 0.743. The lowest BCUT2D eigenvalue weighted by Crippen LogP contribution is -2.35. The molecule has 0 aliphatic heterocycles. The summed E-state index contributed by atoms with van der Waals surface area (Å²) in [7, 11) is 0. The smallest absolute Gasteiger partial charge is 0.319 e. The predicted octanol–water partition coefficient (Wildman–Crippen LogP) is 1.29. The summed E-state index contributed by atoms with van der Waals surface area (Å²) < 4.78 is 13.1. The van der Waals surface area contributed by atoms with Gasteiger partial charge in [-0.25, -0.2) is 9.18 Å². The molecule has 0 heterocycles. The van der Waals surface area contributed by atoms with Gasteiger partial charge in [0, 0.05) is 5.02 Å². The Kier molecular flexibility index (Phi) is 3.03. The van der Waals surface area contributed by atoms with Crippen LogP contribution in [0.5, 0.6) is 0 Å². The Balaban J connectivity index is 2.96. The zero-order valence-corrected chi connectivity index (χ0v) is 7.64. The molecule has 0 radical (unpaired) electrons. The van der Waals surface area contributed by atoms with E-state index in [-0.39, 0.29) is 10.6 Å².